The molecule has 0 aliphatic carbocycles. The molecule has 0 fully saturated rings. The summed E-state index contributed by atoms with van der Waals surface area (Å²) < 4.78 is 0.979. The third-order valence-corrected chi connectivity index (χ3v) is 9.91. The summed E-state index contributed by atoms with van der Waals surface area (Å²) in [6.45, 7) is 0.637. The lowest BCUT2D eigenvalue weighted by atomic mass is 9.99. The smallest absolute Gasteiger partial charge is 0.243 e. The fourth-order valence-electron chi connectivity index (χ4n) is 6.21. The second kappa shape index (κ2) is 22.9. The van der Waals surface area contributed by atoms with Crippen molar-refractivity contribution in [2.24, 2.45) is 28.7 Å². The third kappa shape index (κ3) is 15.0. The van der Waals surface area contributed by atoms with Crippen molar-refractivity contribution in [3.8, 4) is 22.3 Å². The molecule has 4 atom stereocenters. The summed E-state index contributed by atoms with van der Waals surface area (Å²) in [5, 5.41) is 21.2. The molecule has 0 unspecified atom stereocenters. The van der Waals surface area contributed by atoms with Gasteiger partial charge in [0.2, 0.25) is 23.6 Å². The van der Waals surface area contributed by atoms with Gasteiger partial charge in [-0.05, 0) is 84.2 Å². The van der Waals surface area contributed by atoms with Crippen LogP contribution in [0.2, 0.25) is 0 Å². The summed E-state index contributed by atoms with van der Waals surface area (Å²) in [7, 11) is 0. The summed E-state index contributed by atoms with van der Waals surface area (Å²) in [5.74, 6) is -2.81. The maximum atomic E-state index is 14.1. The topological polar surface area (TPSA) is 282 Å². The number of halogens is 1. The standard InChI is InChI=1S/C42H54BrN11O4/c43-32-20-18-31(19-21-32)30-14-10-26(11-15-30)24-33(44)38(56)53-35(9-5-23-51-42(48)49)39(57)54-36(40(58)52-34(37(45)55)8-4-22-50-41(46)47)25-27-12-16-29(17-13-27)28-6-2-1-3-7-28/h1-3,6-7,10-21,33-36,42,51H,4-5,8-9,22-25,44,48-49H2,(H2,45,55)(H,52,58)(H,53,56)(H,54,57)(H4,46,47,50)/t33-,34-,35-,36-/m0/s1. The van der Waals surface area contributed by atoms with Gasteiger partial charge in [0.25, 0.3) is 0 Å². The van der Waals surface area contributed by atoms with E-state index in [0.717, 1.165) is 37.9 Å². The zero-order chi connectivity index (χ0) is 42.0. The molecule has 4 rings (SSSR count). The van der Waals surface area contributed by atoms with Gasteiger partial charge in [-0.25, -0.2) is 0 Å². The number of nitrogens with one attached hydrogen (secondary N) is 6. The molecule has 0 aliphatic heterocycles. The molecule has 0 saturated carbocycles. The van der Waals surface area contributed by atoms with E-state index in [1.54, 1.807) is 0 Å². The van der Waals surface area contributed by atoms with E-state index in [-0.39, 0.29) is 38.2 Å². The summed E-state index contributed by atoms with van der Waals surface area (Å²) in [6.07, 6.45) is 0.589. The Labute approximate surface area is 347 Å². The number of carbonyl (C=O) groups is 4. The summed E-state index contributed by atoms with van der Waals surface area (Å²) >= 11 is 3.45. The molecule has 0 saturated heterocycles. The van der Waals surface area contributed by atoms with E-state index in [1.807, 2.05) is 103 Å². The second-order valence-corrected chi connectivity index (χ2v) is 14.9. The van der Waals surface area contributed by atoms with Crippen LogP contribution >= 0.6 is 15.9 Å². The maximum Gasteiger partial charge on any atom is 0.243 e. The van der Waals surface area contributed by atoms with Crippen LogP contribution in [0.5, 0.6) is 0 Å². The van der Waals surface area contributed by atoms with Gasteiger partial charge < -0.3 is 49.9 Å². The minimum absolute atomic E-state index is 0.0596. The molecule has 0 aromatic heterocycles. The highest BCUT2D eigenvalue weighted by Gasteiger charge is 2.30. The number of hydrogen-bond acceptors (Lipinski definition) is 9. The average molecular weight is 857 g/mol. The Morgan fingerprint density at radius 1 is 0.569 bits per heavy atom. The highest BCUT2D eigenvalue weighted by Crippen LogP contribution is 2.23. The Bertz CT molecular complexity index is 1950. The Morgan fingerprint density at radius 3 is 1.59 bits per heavy atom. The van der Waals surface area contributed by atoms with E-state index in [0.29, 0.717) is 19.4 Å². The zero-order valence-electron chi connectivity index (χ0n) is 32.3. The fourth-order valence-corrected chi connectivity index (χ4v) is 6.48. The predicted molar refractivity (Wildman–Crippen MR) is 230 cm³/mol. The molecule has 16 N–H and O–H groups in total. The predicted octanol–water partition coefficient (Wildman–Crippen LogP) is 1.67. The highest BCUT2D eigenvalue weighted by molar-refractivity contribution is 9.10. The van der Waals surface area contributed by atoms with Crippen molar-refractivity contribution < 1.29 is 19.2 Å². The molecule has 4 aromatic rings. The largest absolute Gasteiger partial charge is 0.370 e. The van der Waals surface area contributed by atoms with Crippen LogP contribution < -0.4 is 55.3 Å². The lowest BCUT2D eigenvalue weighted by Gasteiger charge is -2.26. The molecule has 58 heavy (non-hydrogen) atoms. The molecular formula is C42H54BrN11O4. The van der Waals surface area contributed by atoms with Gasteiger partial charge in [-0.3, -0.25) is 29.9 Å². The van der Waals surface area contributed by atoms with Gasteiger partial charge in [0, 0.05) is 17.4 Å². The Balaban J connectivity index is 1.51. The van der Waals surface area contributed by atoms with E-state index in [9.17, 15) is 19.2 Å². The van der Waals surface area contributed by atoms with Crippen LogP contribution in [-0.4, -0.2) is 73.1 Å². The fraction of sp³-hybridized carbons (Fsp3) is 0.310. The molecule has 308 valence electrons. The van der Waals surface area contributed by atoms with Gasteiger partial charge in [0.15, 0.2) is 5.96 Å². The summed E-state index contributed by atoms with van der Waals surface area (Å²) in [5.41, 5.74) is 34.3. The minimum atomic E-state index is -1.17. The molecule has 4 amide bonds. The van der Waals surface area contributed by atoms with Gasteiger partial charge in [0.05, 0.1) is 6.04 Å². The van der Waals surface area contributed by atoms with E-state index in [1.165, 1.54) is 0 Å². The monoisotopic (exact) mass is 855 g/mol. The van der Waals surface area contributed by atoms with Crippen LogP contribution in [0, 0.1) is 5.41 Å². The van der Waals surface area contributed by atoms with Crippen molar-refractivity contribution in [3.63, 3.8) is 0 Å². The quantitative estimate of drug-likeness (QED) is 0.0235. The molecule has 0 aliphatic rings. The van der Waals surface area contributed by atoms with Crippen molar-refractivity contribution >= 4 is 45.5 Å². The maximum absolute atomic E-state index is 14.1. The second-order valence-electron chi connectivity index (χ2n) is 14.0. The number of benzene rings is 4. The first kappa shape index (κ1) is 45.1. The lowest BCUT2D eigenvalue weighted by Crippen LogP contribution is -2.58. The number of primary amides is 1. The van der Waals surface area contributed by atoms with Crippen LogP contribution in [0.15, 0.2) is 108 Å². The molecule has 0 heterocycles. The van der Waals surface area contributed by atoms with Gasteiger partial charge in [-0.1, -0.05) is 107 Å². The molecular weight excluding hydrogens is 802 g/mol. The van der Waals surface area contributed by atoms with Crippen molar-refractivity contribution in [2.45, 2.75) is 69.0 Å². The Hall–Kier alpha value is -5.65. The summed E-state index contributed by atoms with van der Waals surface area (Å²) in [4.78, 5) is 53.9. The molecule has 4 aromatic carbocycles. The first-order valence-electron chi connectivity index (χ1n) is 19.1. The van der Waals surface area contributed by atoms with Gasteiger partial charge >= 0.3 is 0 Å². The highest BCUT2D eigenvalue weighted by atomic mass is 79.9. The Kier molecular flexibility index (Phi) is 17.8. The van der Waals surface area contributed by atoms with Crippen LogP contribution in [0.25, 0.3) is 22.3 Å². The Morgan fingerprint density at radius 2 is 1.03 bits per heavy atom. The normalized spacial score (nSPS) is 13.1. The molecule has 0 spiro atoms. The van der Waals surface area contributed by atoms with E-state index in [4.69, 9.17) is 34.1 Å². The number of carbonyl (C=O) groups excluding carboxylic acids is 4. The number of guanidine groups is 1. The van der Waals surface area contributed by atoms with Crippen LogP contribution in [0.1, 0.15) is 36.8 Å². The van der Waals surface area contributed by atoms with Crippen molar-refractivity contribution in [3.05, 3.63) is 119 Å². The lowest BCUT2D eigenvalue weighted by molar-refractivity contribution is -0.133. The van der Waals surface area contributed by atoms with E-state index < -0.39 is 54.1 Å². The van der Waals surface area contributed by atoms with Crippen LogP contribution in [0.4, 0.5) is 0 Å². The van der Waals surface area contributed by atoms with E-state index in [2.05, 4.69) is 42.5 Å². The van der Waals surface area contributed by atoms with Crippen molar-refractivity contribution in [2.75, 3.05) is 13.1 Å². The van der Waals surface area contributed by atoms with Crippen molar-refractivity contribution in [1.82, 2.24) is 26.6 Å². The van der Waals surface area contributed by atoms with Crippen LogP contribution in [0.3, 0.4) is 0 Å². The van der Waals surface area contributed by atoms with Gasteiger partial charge in [-0.2, -0.15) is 0 Å². The number of nitrogens with two attached hydrogens (primary N) is 5. The number of amides is 4. The molecule has 16 heteroatoms. The zero-order valence-corrected chi connectivity index (χ0v) is 33.8. The number of rotatable bonds is 22. The number of hydrogen-bond donors (Lipinski definition) is 11. The van der Waals surface area contributed by atoms with Crippen LogP contribution in [-0.2, 0) is 32.0 Å². The average Bonchev–Trinajstić information content (AvgIpc) is 3.20. The molecule has 0 radical (unpaired) electrons. The molecule has 0 bridgehead atoms. The SMILES string of the molecule is N=C(N)NCCC[C@H](NC(=O)[C@H](Cc1ccc(-c2ccccc2)cc1)NC(=O)[C@H](CCCNC(N)N)NC(=O)[C@@H](N)Cc1ccc(-c2ccc(Br)cc2)cc1)C(N)=O. The minimum Gasteiger partial charge on any atom is -0.370 e. The summed E-state index contributed by atoms with van der Waals surface area (Å²) in [6, 6.07) is 28.7. The first-order chi connectivity index (χ1) is 27.8. The third-order valence-electron chi connectivity index (χ3n) is 9.39. The van der Waals surface area contributed by atoms with E-state index >= 15 is 0 Å². The first-order valence-corrected chi connectivity index (χ1v) is 19.9. The van der Waals surface area contributed by atoms with Gasteiger partial charge in [-0.15, -0.1) is 0 Å². The molecule has 15 nitrogen and oxygen atoms in total. The van der Waals surface area contributed by atoms with Crippen molar-refractivity contribution in [1.29, 1.82) is 5.41 Å². The van der Waals surface area contributed by atoms with Gasteiger partial charge in [0.1, 0.15) is 24.4 Å².